The summed E-state index contributed by atoms with van der Waals surface area (Å²) >= 11 is 1.02. The van der Waals surface area contributed by atoms with E-state index in [1.165, 1.54) is 40.7 Å². The van der Waals surface area contributed by atoms with Crippen LogP contribution in [0.1, 0.15) is 9.67 Å². The number of carbonyl (C=O) groups is 1. The molecule has 6 nitrogen and oxygen atoms in total. The second-order valence-electron chi connectivity index (χ2n) is 6.92. The molecular weight excluding hydrogens is 444 g/mol. The quantitative estimate of drug-likeness (QED) is 0.625. The van der Waals surface area contributed by atoms with E-state index in [1.54, 1.807) is 28.5 Å². The summed E-state index contributed by atoms with van der Waals surface area (Å²) in [6, 6.07) is 13.0. The Balaban J connectivity index is 1.49. The number of anilines is 2. The van der Waals surface area contributed by atoms with Crippen LogP contribution in [0.25, 0.3) is 0 Å². The van der Waals surface area contributed by atoms with E-state index in [1.807, 2.05) is 0 Å². The monoisotopic (exact) mass is 463 g/mol. The first-order chi connectivity index (χ1) is 14.9. The third kappa shape index (κ3) is 4.46. The lowest BCUT2D eigenvalue weighted by atomic mass is 10.2. The third-order valence-corrected chi connectivity index (χ3v) is 7.97. The zero-order chi connectivity index (χ0) is 22.0. The van der Waals surface area contributed by atoms with Gasteiger partial charge in [-0.25, -0.2) is 17.2 Å². The number of benzene rings is 2. The fourth-order valence-electron chi connectivity index (χ4n) is 3.40. The predicted octanol–water partition coefficient (Wildman–Crippen LogP) is 3.79. The summed E-state index contributed by atoms with van der Waals surface area (Å²) in [5.41, 5.74) is 0.802. The van der Waals surface area contributed by atoms with E-state index in [-0.39, 0.29) is 28.7 Å². The number of amides is 1. The molecule has 4 rings (SSSR count). The molecule has 10 heteroatoms. The number of thiophene rings is 1. The lowest BCUT2D eigenvalue weighted by Crippen LogP contribution is -2.49. The fraction of sp³-hybridized carbons (Fsp3) is 0.190. The summed E-state index contributed by atoms with van der Waals surface area (Å²) in [5.74, 6) is -1.37. The van der Waals surface area contributed by atoms with Crippen LogP contribution in [-0.4, -0.2) is 44.8 Å². The Bertz CT molecular complexity index is 1190. The average Bonchev–Trinajstić information content (AvgIpc) is 3.27. The maximum Gasteiger partial charge on any atom is 0.267 e. The SMILES string of the molecule is O=C(Nc1ccc(F)cc1)c1sccc1S(=O)(=O)N1CCN(c2ccccc2F)CC1. The van der Waals surface area contributed by atoms with Crippen LogP contribution in [-0.2, 0) is 10.0 Å². The van der Waals surface area contributed by atoms with Crippen molar-refractivity contribution in [1.29, 1.82) is 0 Å². The van der Waals surface area contributed by atoms with Crippen LogP contribution in [0, 0.1) is 11.6 Å². The number of sulfonamides is 1. The van der Waals surface area contributed by atoms with Gasteiger partial charge >= 0.3 is 0 Å². The van der Waals surface area contributed by atoms with Crippen molar-refractivity contribution in [3.63, 3.8) is 0 Å². The topological polar surface area (TPSA) is 69.7 Å². The molecule has 0 aliphatic carbocycles. The maximum atomic E-state index is 14.0. The number of nitrogens with one attached hydrogen (secondary N) is 1. The Morgan fingerprint density at radius 3 is 2.29 bits per heavy atom. The van der Waals surface area contributed by atoms with Gasteiger partial charge in [-0.2, -0.15) is 4.31 Å². The summed E-state index contributed by atoms with van der Waals surface area (Å²) in [6.45, 7) is 1.01. The number of hydrogen-bond donors (Lipinski definition) is 1. The first-order valence-electron chi connectivity index (χ1n) is 9.50. The zero-order valence-electron chi connectivity index (χ0n) is 16.3. The highest BCUT2D eigenvalue weighted by atomic mass is 32.2. The Kier molecular flexibility index (Phi) is 6.03. The highest BCUT2D eigenvalue weighted by molar-refractivity contribution is 7.89. The summed E-state index contributed by atoms with van der Waals surface area (Å²) in [4.78, 5) is 14.4. The van der Waals surface area contributed by atoms with E-state index < -0.39 is 21.7 Å². The molecule has 0 atom stereocenters. The average molecular weight is 464 g/mol. The summed E-state index contributed by atoms with van der Waals surface area (Å²) in [7, 11) is -3.91. The van der Waals surface area contributed by atoms with Crippen molar-refractivity contribution in [2.24, 2.45) is 0 Å². The van der Waals surface area contributed by atoms with Gasteiger partial charge in [-0.05, 0) is 47.8 Å². The Hall–Kier alpha value is -2.82. The molecule has 1 aromatic heterocycles. The molecule has 0 spiro atoms. The number of carbonyl (C=O) groups excluding carboxylic acids is 1. The lowest BCUT2D eigenvalue weighted by molar-refractivity contribution is 0.102. The van der Waals surface area contributed by atoms with Crippen molar-refractivity contribution in [3.05, 3.63) is 76.5 Å². The van der Waals surface area contributed by atoms with E-state index in [9.17, 15) is 22.0 Å². The number of para-hydroxylation sites is 1. The van der Waals surface area contributed by atoms with Gasteiger partial charge in [-0.15, -0.1) is 11.3 Å². The third-order valence-electron chi connectivity index (χ3n) is 4.99. The van der Waals surface area contributed by atoms with Gasteiger partial charge in [0.15, 0.2) is 0 Å². The molecule has 162 valence electrons. The van der Waals surface area contributed by atoms with Crippen LogP contribution in [0.5, 0.6) is 0 Å². The minimum atomic E-state index is -3.91. The van der Waals surface area contributed by atoms with Crippen LogP contribution in [0.4, 0.5) is 20.2 Å². The molecule has 1 aliphatic rings. The largest absolute Gasteiger partial charge is 0.367 e. The van der Waals surface area contributed by atoms with Crippen molar-refractivity contribution < 1.29 is 22.0 Å². The van der Waals surface area contributed by atoms with Gasteiger partial charge in [-0.3, -0.25) is 4.79 Å². The molecule has 1 saturated heterocycles. The molecule has 3 aromatic rings. The van der Waals surface area contributed by atoms with Gasteiger partial charge in [0.1, 0.15) is 21.4 Å². The maximum absolute atomic E-state index is 14.0. The van der Waals surface area contributed by atoms with E-state index in [0.29, 0.717) is 24.5 Å². The summed E-state index contributed by atoms with van der Waals surface area (Å²) < 4.78 is 54.8. The second kappa shape index (κ2) is 8.74. The minimum Gasteiger partial charge on any atom is -0.367 e. The molecule has 0 bridgehead atoms. The van der Waals surface area contributed by atoms with E-state index in [2.05, 4.69) is 5.32 Å². The van der Waals surface area contributed by atoms with E-state index in [4.69, 9.17) is 0 Å². The van der Waals surface area contributed by atoms with Gasteiger partial charge in [0.2, 0.25) is 10.0 Å². The Morgan fingerprint density at radius 1 is 0.935 bits per heavy atom. The fourth-order valence-corrected chi connectivity index (χ4v) is 6.12. The van der Waals surface area contributed by atoms with Crippen molar-refractivity contribution in [2.45, 2.75) is 4.90 Å². The predicted molar refractivity (Wildman–Crippen MR) is 116 cm³/mol. The van der Waals surface area contributed by atoms with Gasteiger partial charge < -0.3 is 10.2 Å². The molecule has 1 fully saturated rings. The van der Waals surface area contributed by atoms with Crippen LogP contribution >= 0.6 is 11.3 Å². The van der Waals surface area contributed by atoms with Crippen LogP contribution in [0.3, 0.4) is 0 Å². The first kappa shape index (κ1) is 21.4. The molecular formula is C21H19F2N3O3S2. The molecule has 2 aromatic carbocycles. The molecule has 0 saturated carbocycles. The van der Waals surface area contributed by atoms with Crippen LogP contribution in [0.2, 0.25) is 0 Å². The smallest absolute Gasteiger partial charge is 0.267 e. The molecule has 31 heavy (non-hydrogen) atoms. The van der Waals surface area contributed by atoms with Crippen molar-refractivity contribution in [3.8, 4) is 0 Å². The first-order valence-corrected chi connectivity index (χ1v) is 11.8. The highest BCUT2D eigenvalue weighted by Crippen LogP contribution is 2.28. The number of piperazine rings is 1. The van der Waals surface area contributed by atoms with Crippen molar-refractivity contribution in [2.75, 3.05) is 36.4 Å². The second-order valence-corrected chi connectivity index (χ2v) is 9.74. The normalized spacial score (nSPS) is 15.1. The molecule has 1 amide bonds. The highest BCUT2D eigenvalue weighted by Gasteiger charge is 2.33. The number of hydrogen-bond acceptors (Lipinski definition) is 5. The summed E-state index contributed by atoms with van der Waals surface area (Å²) in [6.07, 6.45) is 0. The van der Waals surface area contributed by atoms with Crippen LogP contribution in [0.15, 0.2) is 64.9 Å². The van der Waals surface area contributed by atoms with Crippen molar-refractivity contribution >= 4 is 38.6 Å². The van der Waals surface area contributed by atoms with Gasteiger partial charge in [-0.1, -0.05) is 12.1 Å². The van der Waals surface area contributed by atoms with Crippen LogP contribution < -0.4 is 10.2 Å². The number of halogens is 2. The Morgan fingerprint density at radius 2 is 1.61 bits per heavy atom. The van der Waals surface area contributed by atoms with Gasteiger partial charge in [0.25, 0.3) is 5.91 Å². The number of nitrogens with zero attached hydrogens (tertiary/aromatic N) is 2. The van der Waals surface area contributed by atoms with Gasteiger partial charge in [0, 0.05) is 31.9 Å². The molecule has 1 aliphatic heterocycles. The zero-order valence-corrected chi connectivity index (χ0v) is 17.9. The lowest BCUT2D eigenvalue weighted by Gasteiger charge is -2.35. The van der Waals surface area contributed by atoms with E-state index in [0.717, 1.165) is 11.3 Å². The van der Waals surface area contributed by atoms with E-state index >= 15 is 0 Å². The molecule has 2 heterocycles. The molecule has 1 N–H and O–H groups in total. The minimum absolute atomic E-state index is 0.0564. The molecule has 0 unspecified atom stereocenters. The number of rotatable bonds is 5. The summed E-state index contributed by atoms with van der Waals surface area (Å²) in [5, 5.41) is 4.14. The van der Waals surface area contributed by atoms with Crippen molar-refractivity contribution in [1.82, 2.24) is 4.31 Å². The molecule has 0 radical (unpaired) electrons. The van der Waals surface area contributed by atoms with Gasteiger partial charge in [0.05, 0.1) is 5.69 Å². The Labute approximate surface area is 182 Å². The standard InChI is InChI=1S/C21H19F2N3O3S2/c22-15-5-7-16(8-6-15)24-21(27)20-19(9-14-30-20)31(28,29)26-12-10-25(11-13-26)18-4-2-1-3-17(18)23/h1-9,14H,10-13H2,(H,24,27).